The van der Waals surface area contributed by atoms with Crippen LogP contribution in [0.15, 0.2) is 0 Å². The first-order valence-corrected chi connectivity index (χ1v) is 8.58. The Hall–Kier alpha value is -0.120. The minimum absolute atomic E-state index is 0.536. The largest absolute Gasteiger partial charge is 0.317 e. The van der Waals surface area contributed by atoms with Gasteiger partial charge in [0.15, 0.2) is 0 Å². The van der Waals surface area contributed by atoms with Crippen molar-refractivity contribution in [3.05, 3.63) is 0 Å². The van der Waals surface area contributed by atoms with Gasteiger partial charge in [-0.3, -0.25) is 0 Å². The topological polar surface area (TPSA) is 18.5 Å². The quantitative estimate of drug-likeness (QED) is 0.807. The number of hydrogen-bond acceptors (Lipinski definition) is 3. The van der Waals surface area contributed by atoms with Gasteiger partial charge in [0.05, 0.1) is 0 Å². The van der Waals surface area contributed by atoms with Gasteiger partial charge in [0, 0.05) is 25.7 Å². The maximum Gasteiger partial charge on any atom is 0.0109 e. The van der Waals surface area contributed by atoms with Gasteiger partial charge in [-0.05, 0) is 70.6 Å². The molecule has 1 aliphatic carbocycles. The molecule has 1 aliphatic heterocycles. The second-order valence-corrected chi connectivity index (χ2v) is 7.87. The lowest BCUT2D eigenvalue weighted by molar-refractivity contribution is 0.109. The highest BCUT2D eigenvalue weighted by Crippen LogP contribution is 2.38. The summed E-state index contributed by atoms with van der Waals surface area (Å²) in [7, 11) is 4.45. The van der Waals surface area contributed by atoms with Gasteiger partial charge >= 0.3 is 0 Å². The van der Waals surface area contributed by atoms with Gasteiger partial charge in [0.25, 0.3) is 0 Å². The average Bonchev–Trinajstić information content (AvgIpc) is 2.89. The van der Waals surface area contributed by atoms with Crippen molar-refractivity contribution in [2.24, 2.45) is 11.3 Å². The van der Waals surface area contributed by atoms with Crippen LogP contribution >= 0.6 is 0 Å². The Morgan fingerprint density at radius 3 is 2.60 bits per heavy atom. The second-order valence-electron chi connectivity index (χ2n) is 7.87. The molecule has 1 heterocycles. The first-order chi connectivity index (χ1) is 9.50. The Labute approximate surface area is 126 Å². The third-order valence-corrected chi connectivity index (χ3v) is 5.43. The second kappa shape index (κ2) is 7.24. The fourth-order valence-corrected chi connectivity index (χ4v) is 4.12. The molecule has 3 nitrogen and oxygen atoms in total. The summed E-state index contributed by atoms with van der Waals surface area (Å²) in [6.45, 7) is 11.3. The van der Waals surface area contributed by atoms with Gasteiger partial charge in [0.1, 0.15) is 0 Å². The molecule has 0 aromatic rings. The molecule has 2 aliphatic rings. The molecule has 1 saturated carbocycles. The summed E-state index contributed by atoms with van der Waals surface area (Å²) in [5, 5.41) is 3.56. The van der Waals surface area contributed by atoms with Crippen LogP contribution in [-0.2, 0) is 0 Å². The van der Waals surface area contributed by atoms with Crippen LogP contribution in [-0.4, -0.2) is 62.7 Å². The van der Waals surface area contributed by atoms with Crippen LogP contribution < -0.4 is 5.32 Å². The molecule has 0 aromatic carbocycles. The highest BCUT2D eigenvalue weighted by atomic mass is 15.2. The SMILES string of the molecule is CNC1CCC(C)(C)CC1CN(C)CCN1CCCC1. The zero-order valence-corrected chi connectivity index (χ0v) is 14.1. The zero-order chi connectivity index (χ0) is 14.6. The van der Waals surface area contributed by atoms with Crippen molar-refractivity contribution >= 4 is 0 Å². The van der Waals surface area contributed by atoms with Crippen molar-refractivity contribution in [1.82, 2.24) is 15.1 Å². The Kier molecular flexibility index (Phi) is 5.88. The Bertz CT molecular complexity index is 284. The molecule has 1 saturated heterocycles. The van der Waals surface area contributed by atoms with Crippen molar-refractivity contribution < 1.29 is 0 Å². The van der Waals surface area contributed by atoms with Gasteiger partial charge in [-0.25, -0.2) is 0 Å². The molecule has 2 atom stereocenters. The maximum absolute atomic E-state index is 3.56. The van der Waals surface area contributed by atoms with Gasteiger partial charge in [-0.15, -0.1) is 0 Å². The zero-order valence-electron chi connectivity index (χ0n) is 14.1. The predicted molar refractivity (Wildman–Crippen MR) is 87.1 cm³/mol. The fraction of sp³-hybridized carbons (Fsp3) is 1.00. The number of rotatable bonds is 6. The number of likely N-dealkylation sites (tertiary alicyclic amines) is 1. The first-order valence-electron chi connectivity index (χ1n) is 8.58. The van der Waals surface area contributed by atoms with Crippen LogP contribution in [0.1, 0.15) is 46.0 Å². The monoisotopic (exact) mass is 281 g/mol. The molecule has 1 N–H and O–H groups in total. The molecule has 0 spiro atoms. The molecular weight excluding hydrogens is 246 g/mol. The molecular formula is C17H35N3. The number of nitrogens with zero attached hydrogens (tertiary/aromatic N) is 2. The first kappa shape index (κ1) is 16.3. The Balaban J connectivity index is 1.76. The van der Waals surface area contributed by atoms with Crippen molar-refractivity contribution in [3.8, 4) is 0 Å². The lowest BCUT2D eigenvalue weighted by atomic mass is 9.70. The van der Waals surface area contributed by atoms with Gasteiger partial charge in [-0.1, -0.05) is 13.8 Å². The summed E-state index contributed by atoms with van der Waals surface area (Å²) in [5.74, 6) is 0.812. The standard InChI is InChI=1S/C17H35N3/c1-17(2)8-7-16(18-3)15(13-17)14-19(4)11-12-20-9-5-6-10-20/h15-16,18H,5-14H2,1-4H3. The normalized spacial score (nSPS) is 31.1. The van der Waals surface area contributed by atoms with E-state index in [9.17, 15) is 0 Å². The summed E-state index contributed by atoms with van der Waals surface area (Å²) in [4.78, 5) is 5.19. The van der Waals surface area contributed by atoms with Crippen LogP contribution in [0.2, 0.25) is 0 Å². The minimum Gasteiger partial charge on any atom is -0.317 e. The summed E-state index contributed by atoms with van der Waals surface area (Å²) >= 11 is 0. The number of hydrogen-bond donors (Lipinski definition) is 1. The van der Waals surface area contributed by atoms with E-state index >= 15 is 0 Å². The molecule has 0 aromatic heterocycles. The third-order valence-electron chi connectivity index (χ3n) is 5.43. The molecule has 2 rings (SSSR count). The average molecular weight is 281 g/mol. The van der Waals surface area contributed by atoms with E-state index in [4.69, 9.17) is 0 Å². The molecule has 2 unspecified atom stereocenters. The smallest absolute Gasteiger partial charge is 0.0109 e. The molecule has 20 heavy (non-hydrogen) atoms. The molecule has 0 radical (unpaired) electrons. The number of likely N-dealkylation sites (N-methyl/N-ethyl adjacent to an activating group) is 1. The van der Waals surface area contributed by atoms with E-state index in [0.717, 1.165) is 12.0 Å². The summed E-state index contributed by atoms with van der Waals surface area (Å²) < 4.78 is 0. The Morgan fingerprint density at radius 2 is 1.95 bits per heavy atom. The molecule has 0 amide bonds. The van der Waals surface area contributed by atoms with Gasteiger partial charge in [-0.2, -0.15) is 0 Å². The molecule has 3 heteroatoms. The Morgan fingerprint density at radius 1 is 1.25 bits per heavy atom. The molecule has 0 bridgehead atoms. The minimum atomic E-state index is 0.536. The van der Waals surface area contributed by atoms with Gasteiger partial charge in [0.2, 0.25) is 0 Å². The van der Waals surface area contributed by atoms with E-state index in [1.165, 1.54) is 64.8 Å². The summed E-state index contributed by atoms with van der Waals surface area (Å²) in [5.41, 5.74) is 0.536. The van der Waals surface area contributed by atoms with Crippen LogP contribution in [0.3, 0.4) is 0 Å². The van der Waals surface area contributed by atoms with Crippen LogP contribution in [0.5, 0.6) is 0 Å². The maximum atomic E-state index is 3.56. The van der Waals surface area contributed by atoms with E-state index in [1.54, 1.807) is 0 Å². The van der Waals surface area contributed by atoms with E-state index < -0.39 is 0 Å². The lowest BCUT2D eigenvalue weighted by Crippen LogP contribution is -2.46. The summed E-state index contributed by atoms with van der Waals surface area (Å²) in [6.07, 6.45) is 6.89. The highest BCUT2D eigenvalue weighted by Gasteiger charge is 2.34. The van der Waals surface area contributed by atoms with Crippen LogP contribution in [0.25, 0.3) is 0 Å². The lowest BCUT2D eigenvalue weighted by Gasteiger charge is -2.42. The van der Waals surface area contributed by atoms with Gasteiger partial charge < -0.3 is 15.1 Å². The van der Waals surface area contributed by atoms with E-state index in [-0.39, 0.29) is 0 Å². The summed E-state index contributed by atoms with van der Waals surface area (Å²) in [6, 6.07) is 0.720. The number of nitrogens with one attached hydrogen (secondary N) is 1. The predicted octanol–water partition coefficient (Wildman–Crippen LogP) is 2.43. The fourth-order valence-electron chi connectivity index (χ4n) is 4.12. The molecule has 118 valence electrons. The van der Waals surface area contributed by atoms with Crippen LogP contribution in [0, 0.1) is 11.3 Å². The van der Waals surface area contributed by atoms with E-state index in [0.29, 0.717) is 5.41 Å². The van der Waals surface area contributed by atoms with E-state index in [2.05, 4.69) is 43.1 Å². The van der Waals surface area contributed by atoms with Crippen molar-refractivity contribution in [2.75, 3.05) is 46.8 Å². The van der Waals surface area contributed by atoms with Crippen molar-refractivity contribution in [3.63, 3.8) is 0 Å². The van der Waals surface area contributed by atoms with Crippen molar-refractivity contribution in [1.29, 1.82) is 0 Å². The third kappa shape index (κ3) is 4.71. The molecule has 2 fully saturated rings. The van der Waals surface area contributed by atoms with E-state index in [1.807, 2.05) is 0 Å². The highest BCUT2D eigenvalue weighted by molar-refractivity contribution is 4.89. The van der Waals surface area contributed by atoms with Crippen molar-refractivity contribution in [2.45, 2.75) is 52.0 Å². The van der Waals surface area contributed by atoms with Crippen LogP contribution in [0.4, 0.5) is 0 Å².